The Morgan fingerprint density at radius 2 is 1.57 bits per heavy atom. The second-order valence-corrected chi connectivity index (χ2v) is 8.46. The molecule has 0 aliphatic carbocycles. The summed E-state index contributed by atoms with van der Waals surface area (Å²) in [5.41, 5.74) is 2.77. The van der Waals surface area contributed by atoms with Crippen molar-refractivity contribution in [2.45, 2.75) is 13.1 Å². The molecule has 2 N–H and O–H groups in total. The van der Waals surface area contributed by atoms with E-state index in [0.29, 0.717) is 35.0 Å². The van der Waals surface area contributed by atoms with Gasteiger partial charge in [0.15, 0.2) is 0 Å². The van der Waals surface area contributed by atoms with E-state index in [4.69, 9.17) is 27.9 Å². The maximum atomic E-state index is 13.0. The molecule has 0 saturated heterocycles. The number of benzene rings is 3. The number of anilines is 2. The largest absolute Gasteiger partial charge is 0.497 e. The van der Waals surface area contributed by atoms with E-state index in [1.54, 1.807) is 19.3 Å². The van der Waals surface area contributed by atoms with E-state index in [1.165, 1.54) is 10.8 Å². The highest BCUT2D eigenvalue weighted by Crippen LogP contribution is 2.17. The molecule has 0 bridgehead atoms. The highest BCUT2D eigenvalue weighted by Gasteiger charge is 2.15. The molecule has 0 radical (unpaired) electrons. The van der Waals surface area contributed by atoms with E-state index < -0.39 is 0 Å². The van der Waals surface area contributed by atoms with Crippen molar-refractivity contribution in [2.24, 2.45) is 0 Å². The molecular weight excluding hydrogens is 485 g/mol. The Bertz CT molecular complexity index is 1340. The van der Waals surface area contributed by atoms with Crippen molar-refractivity contribution < 1.29 is 9.53 Å². The third-order valence-electron chi connectivity index (χ3n) is 5.03. The predicted molar refractivity (Wildman–Crippen MR) is 140 cm³/mol. The summed E-state index contributed by atoms with van der Waals surface area (Å²) in [7, 11) is 1.61. The van der Waals surface area contributed by atoms with Crippen molar-refractivity contribution in [3.63, 3.8) is 0 Å². The SMILES string of the molecule is COc1ccc(/C=C/C(=O)n2nc(NCc3cccc(Cl)c3)nc2NCc2cccc(Cl)c2)cc1. The minimum atomic E-state index is -0.349. The van der Waals surface area contributed by atoms with E-state index in [2.05, 4.69) is 20.7 Å². The molecule has 0 atom stereocenters. The number of allylic oxidation sites excluding steroid dienone is 1. The highest BCUT2D eigenvalue weighted by molar-refractivity contribution is 6.30. The number of hydrogen-bond donors (Lipinski definition) is 2. The summed E-state index contributed by atoms with van der Waals surface area (Å²) in [5.74, 6) is 1.01. The molecule has 0 fully saturated rings. The standard InChI is InChI=1S/C26H23Cl2N5O2/c1-35-23-11-8-18(9-12-23)10-13-24(34)33-26(30-17-20-5-3-7-22(28)15-20)31-25(32-33)29-16-19-4-2-6-21(27)14-19/h2-15H,16-17H2,1H3,(H2,29,30,31,32)/b13-10+. The van der Waals surface area contributed by atoms with E-state index in [1.807, 2.05) is 66.7 Å². The average Bonchev–Trinajstić information content (AvgIpc) is 3.28. The number of rotatable bonds is 9. The van der Waals surface area contributed by atoms with Gasteiger partial charge in [-0.1, -0.05) is 59.6 Å². The van der Waals surface area contributed by atoms with Gasteiger partial charge >= 0.3 is 0 Å². The molecule has 0 saturated carbocycles. The van der Waals surface area contributed by atoms with Gasteiger partial charge < -0.3 is 15.4 Å². The van der Waals surface area contributed by atoms with Crippen molar-refractivity contribution in [3.8, 4) is 5.75 Å². The van der Waals surface area contributed by atoms with Crippen LogP contribution in [0.15, 0.2) is 78.9 Å². The van der Waals surface area contributed by atoms with Gasteiger partial charge in [0, 0.05) is 29.2 Å². The molecule has 178 valence electrons. The van der Waals surface area contributed by atoms with Gasteiger partial charge in [-0.3, -0.25) is 4.79 Å². The van der Waals surface area contributed by atoms with Crippen molar-refractivity contribution in [1.82, 2.24) is 14.8 Å². The zero-order chi connectivity index (χ0) is 24.6. The lowest BCUT2D eigenvalue weighted by molar-refractivity contribution is 0.0957. The van der Waals surface area contributed by atoms with E-state index in [-0.39, 0.29) is 5.91 Å². The maximum Gasteiger partial charge on any atom is 0.274 e. The molecule has 0 aliphatic heterocycles. The van der Waals surface area contributed by atoms with E-state index in [0.717, 1.165) is 22.4 Å². The summed E-state index contributed by atoms with van der Waals surface area (Å²) >= 11 is 12.2. The number of nitrogens with one attached hydrogen (secondary N) is 2. The summed E-state index contributed by atoms with van der Waals surface area (Å²) < 4.78 is 6.40. The Hall–Kier alpha value is -3.81. The van der Waals surface area contributed by atoms with Gasteiger partial charge in [0.05, 0.1) is 7.11 Å². The second kappa shape index (κ2) is 11.6. The fraction of sp³-hybridized carbons (Fsp3) is 0.115. The number of methoxy groups -OCH3 is 1. The number of ether oxygens (including phenoxy) is 1. The molecule has 4 aromatic rings. The van der Waals surface area contributed by atoms with Crippen molar-refractivity contribution in [2.75, 3.05) is 17.7 Å². The molecule has 3 aromatic carbocycles. The van der Waals surface area contributed by atoms with Crippen molar-refractivity contribution >= 4 is 47.1 Å². The Morgan fingerprint density at radius 1 is 0.943 bits per heavy atom. The third-order valence-corrected chi connectivity index (χ3v) is 5.50. The molecule has 4 rings (SSSR count). The second-order valence-electron chi connectivity index (χ2n) is 7.58. The fourth-order valence-corrected chi connectivity index (χ4v) is 3.69. The summed E-state index contributed by atoms with van der Waals surface area (Å²) in [4.78, 5) is 17.5. The van der Waals surface area contributed by atoms with E-state index >= 15 is 0 Å². The van der Waals surface area contributed by atoms with Crippen LogP contribution < -0.4 is 15.4 Å². The molecule has 35 heavy (non-hydrogen) atoms. The van der Waals surface area contributed by atoms with Crippen molar-refractivity contribution in [1.29, 1.82) is 0 Å². The van der Waals surface area contributed by atoms with Crippen LogP contribution >= 0.6 is 23.2 Å². The molecule has 1 heterocycles. The van der Waals surface area contributed by atoms with Gasteiger partial charge in [-0.15, -0.1) is 5.10 Å². The Morgan fingerprint density at radius 3 is 2.17 bits per heavy atom. The first-order valence-corrected chi connectivity index (χ1v) is 11.6. The minimum Gasteiger partial charge on any atom is -0.497 e. The first-order valence-electron chi connectivity index (χ1n) is 10.8. The van der Waals surface area contributed by atoms with Gasteiger partial charge in [-0.25, -0.2) is 0 Å². The number of hydrogen-bond acceptors (Lipinski definition) is 6. The molecule has 1 aromatic heterocycles. The first-order chi connectivity index (χ1) is 17.0. The normalized spacial score (nSPS) is 10.9. The van der Waals surface area contributed by atoms with Gasteiger partial charge in [0.1, 0.15) is 5.75 Å². The fourth-order valence-electron chi connectivity index (χ4n) is 3.26. The summed E-state index contributed by atoms with van der Waals surface area (Å²) in [5, 5.41) is 12.0. The van der Waals surface area contributed by atoms with Crippen LogP contribution in [0.1, 0.15) is 21.5 Å². The zero-order valence-corrected chi connectivity index (χ0v) is 20.4. The lowest BCUT2D eigenvalue weighted by Gasteiger charge is -2.06. The Kier molecular flexibility index (Phi) is 8.03. The van der Waals surface area contributed by atoms with Gasteiger partial charge in [0.2, 0.25) is 11.9 Å². The van der Waals surface area contributed by atoms with Crippen LogP contribution in [0, 0.1) is 0 Å². The van der Waals surface area contributed by atoms with Gasteiger partial charge in [-0.2, -0.15) is 9.67 Å². The number of carbonyl (C=O) groups excluding carboxylic acids is 1. The predicted octanol–water partition coefficient (Wildman–Crippen LogP) is 6.17. The van der Waals surface area contributed by atoms with Gasteiger partial charge in [0.25, 0.3) is 5.91 Å². The Labute approximate surface area is 213 Å². The number of halogens is 2. The van der Waals surface area contributed by atoms with E-state index in [9.17, 15) is 4.79 Å². The molecule has 0 spiro atoms. The van der Waals surface area contributed by atoms with Crippen LogP contribution in [-0.4, -0.2) is 27.8 Å². The van der Waals surface area contributed by atoms with Gasteiger partial charge in [-0.05, 0) is 59.2 Å². The molecule has 0 unspecified atom stereocenters. The number of carbonyl (C=O) groups is 1. The highest BCUT2D eigenvalue weighted by atomic mass is 35.5. The molecule has 0 amide bonds. The lowest BCUT2D eigenvalue weighted by atomic mass is 10.2. The third kappa shape index (κ3) is 6.85. The molecule has 9 heteroatoms. The smallest absolute Gasteiger partial charge is 0.274 e. The van der Waals surface area contributed by atoms with Crippen LogP contribution in [-0.2, 0) is 13.1 Å². The quantitative estimate of drug-likeness (QED) is 0.263. The average molecular weight is 508 g/mol. The van der Waals surface area contributed by atoms with Crippen LogP contribution in [0.3, 0.4) is 0 Å². The summed E-state index contributed by atoms with van der Waals surface area (Å²) in [6, 6.07) is 22.3. The van der Waals surface area contributed by atoms with Crippen LogP contribution in [0.5, 0.6) is 5.75 Å². The summed E-state index contributed by atoms with van der Waals surface area (Å²) in [6.45, 7) is 0.872. The van der Waals surface area contributed by atoms with Crippen molar-refractivity contribution in [3.05, 3.63) is 106 Å². The maximum absolute atomic E-state index is 13.0. The number of aromatic nitrogens is 3. The Balaban J connectivity index is 1.53. The topological polar surface area (TPSA) is 81.1 Å². The zero-order valence-electron chi connectivity index (χ0n) is 18.9. The minimum absolute atomic E-state index is 0.308. The molecule has 7 nitrogen and oxygen atoms in total. The number of nitrogens with zero attached hydrogens (tertiary/aromatic N) is 3. The first kappa shape index (κ1) is 24.3. The van der Waals surface area contributed by atoms with Crippen LogP contribution in [0.2, 0.25) is 10.0 Å². The monoisotopic (exact) mass is 507 g/mol. The lowest BCUT2D eigenvalue weighted by Crippen LogP contribution is -2.14. The van der Waals surface area contributed by atoms with Crippen LogP contribution in [0.4, 0.5) is 11.9 Å². The molecular formula is C26H23Cl2N5O2. The van der Waals surface area contributed by atoms with Crippen LogP contribution in [0.25, 0.3) is 6.08 Å². The summed E-state index contributed by atoms with van der Waals surface area (Å²) in [6.07, 6.45) is 3.16. The molecule has 0 aliphatic rings.